The molecule has 6 nitrogen and oxygen atoms in total. The van der Waals surface area contributed by atoms with E-state index in [2.05, 4.69) is 0 Å². The quantitative estimate of drug-likeness (QED) is 0.633. The van der Waals surface area contributed by atoms with E-state index in [-0.39, 0.29) is 11.1 Å². The second-order valence-electron chi connectivity index (χ2n) is 5.19. The van der Waals surface area contributed by atoms with Crippen LogP contribution in [0, 0.1) is 0 Å². The van der Waals surface area contributed by atoms with Gasteiger partial charge in [0.1, 0.15) is 0 Å². The summed E-state index contributed by atoms with van der Waals surface area (Å²) in [6, 6.07) is 15.8. The summed E-state index contributed by atoms with van der Waals surface area (Å²) in [7, 11) is 0. The second-order valence-corrected chi connectivity index (χ2v) is 12.5. The Morgan fingerprint density at radius 1 is 0.640 bits per heavy atom. The van der Waals surface area contributed by atoms with E-state index in [1.54, 1.807) is 36.4 Å². The van der Waals surface area contributed by atoms with Gasteiger partial charge in [0.25, 0.3) is 0 Å². The number of hydrogen-bond donors (Lipinski definition) is 0. The predicted molar refractivity (Wildman–Crippen MR) is 90.8 cm³/mol. The molecule has 0 aromatic heterocycles. The van der Waals surface area contributed by atoms with Crippen molar-refractivity contribution in [1.29, 1.82) is 0 Å². The van der Waals surface area contributed by atoms with Gasteiger partial charge < -0.3 is 0 Å². The van der Waals surface area contributed by atoms with E-state index < -0.39 is 38.7 Å². The van der Waals surface area contributed by atoms with Crippen LogP contribution in [0.15, 0.2) is 60.7 Å². The summed E-state index contributed by atoms with van der Waals surface area (Å²) in [6.07, 6.45) is 0. The van der Waals surface area contributed by atoms with Crippen LogP contribution in [-0.4, -0.2) is 38.7 Å². The van der Waals surface area contributed by atoms with E-state index in [0.29, 0.717) is 0 Å². The zero-order valence-electron chi connectivity index (χ0n) is 13.7. The second kappa shape index (κ2) is 8.06. The summed E-state index contributed by atoms with van der Waals surface area (Å²) in [5.74, 6) is -1.68. The molecule has 0 fully saturated rings. The van der Waals surface area contributed by atoms with E-state index in [0.717, 1.165) is 13.8 Å². The first-order valence-electron chi connectivity index (χ1n) is 7.45. The van der Waals surface area contributed by atoms with E-state index >= 15 is 0 Å². The van der Waals surface area contributed by atoms with Crippen LogP contribution < -0.4 is 0 Å². The molecule has 2 rings (SSSR count). The molecule has 25 heavy (non-hydrogen) atoms. The van der Waals surface area contributed by atoms with Crippen LogP contribution in [0.25, 0.3) is 0 Å². The fourth-order valence-electron chi connectivity index (χ4n) is 2.27. The Hall–Kier alpha value is -2.48. The fourth-order valence-corrected chi connectivity index (χ4v) is 9.47. The van der Waals surface area contributed by atoms with Gasteiger partial charge in [0.2, 0.25) is 0 Å². The summed E-state index contributed by atoms with van der Waals surface area (Å²) in [5.41, 5.74) is 0.315. The van der Waals surface area contributed by atoms with Crippen LogP contribution in [0.5, 0.6) is 0 Å². The average molecular weight is 447 g/mol. The maximum absolute atomic E-state index is 13.1. The first kappa shape index (κ1) is 18.9. The summed E-state index contributed by atoms with van der Waals surface area (Å²) >= 11 is -5.55. The Kier molecular flexibility index (Phi) is 6.08. The van der Waals surface area contributed by atoms with E-state index in [9.17, 15) is 19.2 Å². The number of hydrogen-bond acceptors (Lipinski definition) is 6. The first-order valence-corrected chi connectivity index (χ1v) is 12.6. The molecule has 0 aliphatic carbocycles. The summed E-state index contributed by atoms with van der Waals surface area (Å²) in [5, 5.41) is 0. The molecule has 7 heteroatoms. The third-order valence-electron chi connectivity index (χ3n) is 3.24. The molecule has 0 unspecified atom stereocenters. The molecule has 0 amide bonds. The van der Waals surface area contributed by atoms with Gasteiger partial charge in [-0.15, -0.1) is 0 Å². The molecule has 0 radical (unpaired) electrons. The predicted octanol–water partition coefficient (Wildman–Crippen LogP) is 2.40. The van der Waals surface area contributed by atoms with Gasteiger partial charge in [-0.2, -0.15) is 0 Å². The van der Waals surface area contributed by atoms with Crippen molar-refractivity contribution in [3.05, 3.63) is 71.8 Å². The average Bonchev–Trinajstić information content (AvgIpc) is 2.60. The summed E-state index contributed by atoms with van der Waals surface area (Å²) in [4.78, 5) is 49.4. The van der Waals surface area contributed by atoms with Crippen molar-refractivity contribution in [1.82, 2.24) is 0 Å². The summed E-state index contributed by atoms with van der Waals surface area (Å²) < 4.78 is 8.97. The van der Waals surface area contributed by atoms with Gasteiger partial charge in [-0.1, -0.05) is 0 Å². The van der Waals surface area contributed by atoms with Crippen LogP contribution in [0.2, 0.25) is 0 Å². The normalized spacial score (nSPS) is 10.6. The van der Waals surface area contributed by atoms with Crippen molar-refractivity contribution < 1.29 is 25.3 Å². The molecule has 0 bridgehead atoms. The number of benzene rings is 2. The molecule has 2 aromatic carbocycles. The molecule has 2 aromatic rings. The number of carbonyl (C=O) groups is 4. The zero-order chi connectivity index (χ0) is 18.4. The Morgan fingerprint density at radius 2 is 0.960 bits per heavy atom. The maximum atomic E-state index is 13.1. The molecule has 0 saturated heterocycles. The van der Waals surface area contributed by atoms with E-state index in [1.807, 2.05) is 0 Å². The topological polar surface area (TPSA) is 86.7 Å². The molecule has 0 N–H and O–H groups in total. The minimum atomic E-state index is -5.55. The zero-order valence-corrected chi connectivity index (χ0v) is 16.6. The molecular formula is C18H16O6Sn. The number of rotatable bonds is 6. The van der Waals surface area contributed by atoms with Crippen LogP contribution in [0.3, 0.4) is 0 Å². The number of carbonyl (C=O) groups excluding carboxylic acids is 4. The van der Waals surface area contributed by atoms with Crippen LogP contribution in [-0.2, 0) is 15.7 Å². The van der Waals surface area contributed by atoms with Gasteiger partial charge in [-0.05, 0) is 0 Å². The van der Waals surface area contributed by atoms with Gasteiger partial charge in [-0.25, -0.2) is 0 Å². The molecule has 0 heterocycles. The molecule has 0 saturated carbocycles. The Labute approximate surface area is 149 Å². The van der Waals surface area contributed by atoms with Crippen molar-refractivity contribution in [3.8, 4) is 0 Å². The van der Waals surface area contributed by atoms with E-state index in [4.69, 9.17) is 6.15 Å². The van der Waals surface area contributed by atoms with Crippen molar-refractivity contribution in [3.63, 3.8) is 0 Å². The van der Waals surface area contributed by atoms with Gasteiger partial charge in [0.05, 0.1) is 0 Å². The monoisotopic (exact) mass is 448 g/mol. The first-order chi connectivity index (χ1) is 11.9. The minimum absolute atomic E-state index is 0.157. The Balaban J connectivity index is 2.63. The van der Waals surface area contributed by atoms with Crippen LogP contribution >= 0.6 is 0 Å². The van der Waals surface area contributed by atoms with Gasteiger partial charge in [-0.3, -0.25) is 0 Å². The van der Waals surface area contributed by atoms with E-state index in [1.165, 1.54) is 24.3 Å². The molecule has 0 spiro atoms. The molecule has 0 aliphatic heterocycles. The Bertz CT molecular complexity index is 731. The Morgan fingerprint density at radius 3 is 1.24 bits per heavy atom. The standard InChI is InChI=1S/2C7H5O.2C2H4O2.Sn/c2*8-6-7-4-2-1-3-5-7;2*1-2(3)4;/h2*1-5H;2*1H3,(H,3,4);/q;;;;+2/p-2. The van der Waals surface area contributed by atoms with Crippen molar-refractivity contribution in [2.75, 3.05) is 0 Å². The van der Waals surface area contributed by atoms with Crippen LogP contribution in [0.1, 0.15) is 34.6 Å². The van der Waals surface area contributed by atoms with Crippen LogP contribution in [0.4, 0.5) is 0 Å². The molecule has 0 atom stereocenters. The molecule has 128 valence electrons. The van der Waals surface area contributed by atoms with Crippen molar-refractivity contribution in [2.45, 2.75) is 13.8 Å². The third-order valence-corrected chi connectivity index (χ3v) is 11.6. The van der Waals surface area contributed by atoms with Crippen molar-refractivity contribution in [2.24, 2.45) is 0 Å². The van der Waals surface area contributed by atoms with Crippen molar-refractivity contribution >= 4 is 38.7 Å². The molecular weight excluding hydrogens is 431 g/mol. The molecule has 0 aliphatic rings. The van der Waals surface area contributed by atoms with Gasteiger partial charge in [0.15, 0.2) is 0 Å². The summed E-state index contributed by atoms with van der Waals surface area (Å²) in [6.45, 7) is 2.15. The van der Waals surface area contributed by atoms with Gasteiger partial charge in [0, 0.05) is 0 Å². The SMILES string of the molecule is CC(=O)[O][Sn]([O]C(C)=O)([C](=O)c1ccccc1)[C](=O)c1ccccc1. The third kappa shape index (κ3) is 4.33. The fraction of sp³-hybridized carbons (Fsp3) is 0.111. The van der Waals surface area contributed by atoms with Gasteiger partial charge >= 0.3 is 150 Å².